The largest absolute Gasteiger partial charge is 0.457 e. The molecule has 2 rings (SSSR count). The van der Waals surface area contributed by atoms with Crippen molar-refractivity contribution < 1.29 is 9.21 Å². The van der Waals surface area contributed by atoms with Crippen molar-refractivity contribution in [2.45, 2.75) is 10.8 Å². The third-order valence-corrected chi connectivity index (χ3v) is 2.76. The fraction of sp³-hybridized carbons (Fsp3) is 0.0909. The lowest BCUT2D eigenvalue weighted by atomic mass is 10.4. The van der Waals surface area contributed by atoms with Crippen LogP contribution in [0.3, 0.4) is 0 Å². The molecule has 0 spiro atoms. The normalized spacial score (nSPS) is 10.1. The number of hydrogen-bond donors (Lipinski definition) is 0. The highest BCUT2D eigenvalue weighted by molar-refractivity contribution is 7.98. The Balaban J connectivity index is 1.96. The maximum Gasteiger partial charge on any atom is 0.185 e. The van der Waals surface area contributed by atoms with Crippen LogP contribution in [-0.2, 0) is 5.75 Å². The van der Waals surface area contributed by atoms with Gasteiger partial charge in [0, 0.05) is 6.20 Å². The Labute approximate surface area is 91.5 Å². The Bertz CT molecular complexity index is 439. The molecule has 2 aromatic rings. The summed E-state index contributed by atoms with van der Waals surface area (Å²) >= 11 is 1.58. The molecule has 2 heterocycles. The molecule has 0 amide bonds. The zero-order valence-corrected chi connectivity index (χ0v) is 8.74. The Morgan fingerprint density at radius 2 is 2.27 bits per heavy atom. The van der Waals surface area contributed by atoms with Gasteiger partial charge in [0.05, 0.1) is 10.8 Å². The third kappa shape index (κ3) is 2.70. The molecule has 0 saturated heterocycles. The molecule has 4 heteroatoms. The Morgan fingerprint density at radius 1 is 1.33 bits per heavy atom. The topological polar surface area (TPSA) is 43.1 Å². The molecule has 3 nitrogen and oxygen atoms in total. The van der Waals surface area contributed by atoms with E-state index in [0.717, 1.165) is 10.8 Å². The second kappa shape index (κ2) is 4.79. The predicted molar refractivity (Wildman–Crippen MR) is 57.9 cm³/mol. The van der Waals surface area contributed by atoms with Crippen LogP contribution in [-0.4, -0.2) is 11.3 Å². The SMILES string of the molecule is O=Cc1ccc(CSc2ccccn2)o1. The highest BCUT2D eigenvalue weighted by Crippen LogP contribution is 2.21. The fourth-order valence-electron chi connectivity index (χ4n) is 1.11. The summed E-state index contributed by atoms with van der Waals surface area (Å²) in [5, 5.41) is 0.946. The van der Waals surface area contributed by atoms with Gasteiger partial charge in [-0.2, -0.15) is 0 Å². The number of carbonyl (C=O) groups is 1. The molecule has 0 aliphatic rings. The van der Waals surface area contributed by atoms with Crippen LogP contribution in [0.15, 0.2) is 46.0 Å². The van der Waals surface area contributed by atoms with Crippen LogP contribution in [0.25, 0.3) is 0 Å². The van der Waals surface area contributed by atoms with Crippen LogP contribution < -0.4 is 0 Å². The van der Waals surface area contributed by atoms with Crippen molar-refractivity contribution in [2.24, 2.45) is 0 Å². The van der Waals surface area contributed by atoms with Crippen molar-refractivity contribution in [2.75, 3.05) is 0 Å². The summed E-state index contributed by atoms with van der Waals surface area (Å²) in [6.45, 7) is 0. The maximum absolute atomic E-state index is 10.4. The van der Waals surface area contributed by atoms with E-state index in [-0.39, 0.29) is 0 Å². The molecule has 0 radical (unpaired) electrons. The summed E-state index contributed by atoms with van der Waals surface area (Å²) in [4.78, 5) is 14.6. The number of carbonyl (C=O) groups excluding carboxylic acids is 1. The summed E-state index contributed by atoms with van der Waals surface area (Å²) in [5.74, 6) is 1.84. The van der Waals surface area contributed by atoms with Gasteiger partial charge in [-0.15, -0.1) is 0 Å². The van der Waals surface area contributed by atoms with Crippen LogP contribution in [0.2, 0.25) is 0 Å². The summed E-state index contributed by atoms with van der Waals surface area (Å²) < 4.78 is 5.24. The number of hydrogen-bond acceptors (Lipinski definition) is 4. The van der Waals surface area contributed by atoms with Crippen molar-refractivity contribution in [1.29, 1.82) is 0 Å². The van der Waals surface area contributed by atoms with E-state index in [0.29, 0.717) is 17.8 Å². The monoisotopic (exact) mass is 219 g/mol. The maximum atomic E-state index is 10.4. The van der Waals surface area contributed by atoms with Crippen LogP contribution in [0.1, 0.15) is 16.3 Å². The molecule has 76 valence electrons. The van der Waals surface area contributed by atoms with Gasteiger partial charge in [-0.05, 0) is 24.3 Å². The van der Waals surface area contributed by atoms with E-state index in [4.69, 9.17) is 4.42 Å². The summed E-state index contributed by atoms with van der Waals surface area (Å²) in [7, 11) is 0. The molecule has 0 fully saturated rings. The van der Waals surface area contributed by atoms with E-state index < -0.39 is 0 Å². The predicted octanol–water partition coefficient (Wildman–Crippen LogP) is 2.78. The van der Waals surface area contributed by atoms with E-state index in [1.807, 2.05) is 18.2 Å². The molecule has 0 unspecified atom stereocenters. The van der Waals surface area contributed by atoms with Crippen molar-refractivity contribution in [3.05, 3.63) is 48.0 Å². The molecule has 0 saturated carbocycles. The number of furan rings is 1. The zero-order valence-electron chi connectivity index (χ0n) is 7.92. The lowest BCUT2D eigenvalue weighted by molar-refractivity contribution is 0.109. The summed E-state index contributed by atoms with van der Waals surface area (Å²) in [5.41, 5.74) is 0. The Kier molecular flexibility index (Phi) is 3.19. The molecule has 0 aliphatic heterocycles. The number of pyridine rings is 1. The summed E-state index contributed by atoms with van der Waals surface area (Å²) in [6.07, 6.45) is 2.45. The number of aldehydes is 1. The van der Waals surface area contributed by atoms with Crippen molar-refractivity contribution in [1.82, 2.24) is 4.98 Å². The van der Waals surface area contributed by atoms with Crippen molar-refractivity contribution in [3.8, 4) is 0 Å². The van der Waals surface area contributed by atoms with Gasteiger partial charge in [0.15, 0.2) is 12.0 Å². The smallest absolute Gasteiger partial charge is 0.185 e. The van der Waals surface area contributed by atoms with Crippen LogP contribution >= 0.6 is 11.8 Å². The minimum atomic E-state index is 0.367. The van der Waals surface area contributed by atoms with Crippen LogP contribution in [0.4, 0.5) is 0 Å². The van der Waals surface area contributed by atoms with Gasteiger partial charge in [0.2, 0.25) is 0 Å². The second-order valence-electron chi connectivity index (χ2n) is 2.88. The molecule has 0 aromatic carbocycles. The highest BCUT2D eigenvalue weighted by atomic mass is 32.2. The lowest BCUT2D eigenvalue weighted by Gasteiger charge is -1.96. The van der Waals surface area contributed by atoms with Crippen molar-refractivity contribution in [3.63, 3.8) is 0 Å². The minimum absolute atomic E-state index is 0.367. The summed E-state index contributed by atoms with van der Waals surface area (Å²) in [6, 6.07) is 9.23. The van der Waals surface area contributed by atoms with E-state index >= 15 is 0 Å². The van der Waals surface area contributed by atoms with Gasteiger partial charge < -0.3 is 4.42 Å². The first kappa shape index (κ1) is 9.98. The van der Waals surface area contributed by atoms with E-state index in [2.05, 4.69) is 4.98 Å². The number of nitrogens with zero attached hydrogens (tertiary/aromatic N) is 1. The van der Waals surface area contributed by atoms with Crippen molar-refractivity contribution >= 4 is 18.0 Å². The minimum Gasteiger partial charge on any atom is -0.457 e. The van der Waals surface area contributed by atoms with E-state index in [1.165, 1.54) is 0 Å². The van der Waals surface area contributed by atoms with E-state index in [9.17, 15) is 4.79 Å². The van der Waals surface area contributed by atoms with E-state index in [1.54, 1.807) is 30.1 Å². The number of aromatic nitrogens is 1. The highest BCUT2D eigenvalue weighted by Gasteiger charge is 2.02. The molecular weight excluding hydrogens is 210 g/mol. The third-order valence-electron chi connectivity index (χ3n) is 1.80. The van der Waals surface area contributed by atoms with Gasteiger partial charge >= 0.3 is 0 Å². The zero-order chi connectivity index (χ0) is 10.5. The second-order valence-corrected chi connectivity index (χ2v) is 3.87. The first-order valence-electron chi connectivity index (χ1n) is 4.46. The van der Waals surface area contributed by atoms with Gasteiger partial charge in [0.25, 0.3) is 0 Å². The number of thioether (sulfide) groups is 1. The number of rotatable bonds is 4. The molecule has 0 bridgehead atoms. The van der Waals surface area contributed by atoms with Gasteiger partial charge in [-0.25, -0.2) is 4.98 Å². The fourth-order valence-corrected chi connectivity index (χ4v) is 1.87. The lowest BCUT2D eigenvalue weighted by Crippen LogP contribution is -1.79. The van der Waals surface area contributed by atoms with Gasteiger partial charge in [-0.1, -0.05) is 17.8 Å². The molecule has 2 aromatic heterocycles. The molecule has 0 atom stereocenters. The van der Waals surface area contributed by atoms with Gasteiger partial charge in [0.1, 0.15) is 5.76 Å². The quantitative estimate of drug-likeness (QED) is 0.585. The molecular formula is C11H9NO2S. The molecule has 0 N–H and O–H groups in total. The first-order chi connectivity index (χ1) is 7.38. The molecule has 0 aliphatic carbocycles. The standard InChI is InChI=1S/C11H9NO2S/c13-7-9-4-5-10(14-9)8-15-11-3-1-2-6-12-11/h1-7H,8H2. The van der Waals surface area contributed by atoms with Crippen LogP contribution in [0.5, 0.6) is 0 Å². The van der Waals surface area contributed by atoms with Crippen LogP contribution in [0, 0.1) is 0 Å². The molecule has 15 heavy (non-hydrogen) atoms. The first-order valence-corrected chi connectivity index (χ1v) is 5.45. The average Bonchev–Trinajstić information content (AvgIpc) is 2.76. The van der Waals surface area contributed by atoms with Gasteiger partial charge in [-0.3, -0.25) is 4.79 Å². The average molecular weight is 219 g/mol. The Morgan fingerprint density at radius 3 is 2.93 bits per heavy atom. The Hall–Kier alpha value is -1.55.